The Morgan fingerprint density at radius 1 is 0.935 bits per heavy atom. The first-order valence-electron chi connectivity index (χ1n) is 9.87. The van der Waals surface area contributed by atoms with Gasteiger partial charge in [-0.15, -0.1) is 0 Å². The van der Waals surface area contributed by atoms with Gasteiger partial charge in [-0.3, -0.25) is 4.79 Å². The van der Waals surface area contributed by atoms with Crippen molar-refractivity contribution in [2.24, 2.45) is 5.92 Å². The Labute approximate surface area is 189 Å². The van der Waals surface area contributed by atoms with Crippen molar-refractivity contribution in [1.29, 1.82) is 0 Å². The molecule has 1 N–H and O–H groups in total. The second-order valence-corrected chi connectivity index (χ2v) is 7.47. The fraction of sp³-hybridized carbons (Fsp3) is 0.409. The second kappa shape index (κ2) is 11.5. The lowest BCUT2D eigenvalue weighted by atomic mass is 9.85. The van der Waals surface area contributed by atoms with Gasteiger partial charge in [-0.1, -0.05) is 22.0 Å². The number of benzene rings is 1. The summed E-state index contributed by atoms with van der Waals surface area (Å²) < 4.78 is 22.0. The molecule has 31 heavy (non-hydrogen) atoms. The average molecular weight is 496 g/mol. The summed E-state index contributed by atoms with van der Waals surface area (Å²) in [5.41, 5.74) is 0.870. The fourth-order valence-corrected chi connectivity index (χ4v) is 3.51. The maximum absolute atomic E-state index is 13.0. The van der Waals surface area contributed by atoms with Crippen molar-refractivity contribution >= 4 is 33.8 Å². The van der Waals surface area contributed by atoms with E-state index in [1.807, 2.05) is 12.1 Å². The van der Waals surface area contributed by atoms with Gasteiger partial charge in [0.05, 0.1) is 24.4 Å². The molecule has 1 aromatic carbocycles. The summed E-state index contributed by atoms with van der Waals surface area (Å²) in [5.74, 6) is -2.81. The van der Waals surface area contributed by atoms with Crippen LogP contribution in [0.15, 0.2) is 51.3 Å². The number of halogens is 1. The Kier molecular flexibility index (Phi) is 9.11. The SMILES string of the molecule is CCOC(=O)C1=C(C)NC(C)=C(C(=O)OCC)C1C(=O)OCCOc1cccc(Br)c1. The van der Waals surface area contributed by atoms with Crippen molar-refractivity contribution in [1.82, 2.24) is 5.32 Å². The maximum atomic E-state index is 13.0. The van der Waals surface area contributed by atoms with Crippen LogP contribution in [-0.4, -0.2) is 44.3 Å². The van der Waals surface area contributed by atoms with Crippen molar-refractivity contribution in [3.8, 4) is 5.75 Å². The van der Waals surface area contributed by atoms with Gasteiger partial charge in [0.15, 0.2) is 0 Å². The predicted molar refractivity (Wildman–Crippen MR) is 116 cm³/mol. The Hall–Kier alpha value is -2.81. The molecule has 0 bridgehead atoms. The van der Waals surface area contributed by atoms with Gasteiger partial charge >= 0.3 is 17.9 Å². The zero-order valence-electron chi connectivity index (χ0n) is 18.0. The first kappa shape index (κ1) is 24.5. The summed E-state index contributed by atoms with van der Waals surface area (Å²) >= 11 is 3.35. The second-order valence-electron chi connectivity index (χ2n) is 6.55. The molecule has 9 heteroatoms. The number of rotatable bonds is 9. The van der Waals surface area contributed by atoms with Crippen LogP contribution in [0.5, 0.6) is 5.75 Å². The molecule has 0 aromatic heterocycles. The number of esters is 3. The van der Waals surface area contributed by atoms with E-state index in [0.29, 0.717) is 17.1 Å². The third-order valence-corrected chi connectivity index (χ3v) is 4.87. The highest BCUT2D eigenvalue weighted by atomic mass is 79.9. The molecule has 0 amide bonds. The molecule has 1 aromatic rings. The highest BCUT2D eigenvalue weighted by Crippen LogP contribution is 2.32. The Balaban J connectivity index is 2.19. The van der Waals surface area contributed by atoms with Gasteiger partial charge in [-0.05, 0) is 45.9 Å². The lowest BCUT2D eigenvalue weighted by Crippen LogP contribution is -2.38. The predicted octanol–water partition coefficient (Wildman–Crippen LogP) is 3.26. The summed E-state index contributed by atoms with van der Waals surface area (Å²) in [4.78, 5) is 38.1. The quantitative estimate of drug-likeness (QED) is 0.316. The standard InChI is InChI=1S/C22H26BrNO7/c1-5-28-20(25)17-13(3)24-14(4)18(21(26)29-6-2)19(17)22(27)31-11-10-30-16-9-7-8-15(23)12-16/h7-9,12,19,24H,5-6,10-11H2,1-4H3. The van der Waals surface area contributed by atoms with Gasteiger partial charge in [-0.2, -0.15) is 0 Å². The minimum atomic E-state index is -1.26. The van der Waals surface area contributed by atoms with Crippen molar-refractivity contribution < 1.29 is 33.3 Å². The number of carbonyl (C=O) groups excluding carboxylic acids is 3. The summed E-state index contributed by atoms with van der Waals surface area (Å²) in [5, 5.41) is 2.96. The largest absolute Gasteiger partial charge is 0.490 e. The van der Waals surface area contributed by atoms with Crippen LogP contribution in [0.1, 0.15) is 27.7 Å². The van der Waals surface area contributed by atoms with E-state index in [-0.39, 0.29) is 37.6 Å². The molecule has 0 aliphatic carbocycles. The first-order valence-corrected chi connectivity index (χ1v) is 10.7. The van der Waals surface area contributed by atoms with Crippen molar-refractivity contribution in [2.45, 2.75) is 27.7 Å². The van der Waals surface area contributed by atoms with Gasteiger partial charge in [0.1, 0.15) is 24.9 Å². The Bertz CT molecular complexity index is 867. The molecule has 1 aliphatic rings. The topological polar surface area (TPSA) is 100 Å². The van der Waals surface area contributed by atoms with Gasteiger partial charge in [0.2, 0.25) is 0 Å². The van der Waals surface area contributed by atoms with Crippen molar-refractivity contribution in [2.75, 3.05) is 26.4 Å². The molecule has 2 rings (SSSR count). The number of hydrogen-bond donors (Lipinski definition) is 1. The van der Waals surface area contributed by atoms with Gasteiger partial charge in [0.25, 0.3) is 0 Å². The van der Waals surface area contributed by atoms with E-state index < -0.39 is 23.8 Å². The Morgan fingerprint density at radius 2 is 1.52 bits per heavy atom. The molecule has 0 radical (unpaired) electrons. The van der Waals surface area contributed by atoms with Crippen LogP contribution in [0.3, 0.4) is 0 Å². The smallest absolute Gasteiger partial charge is 0.337 e. The summed E-state index contributed by atoms with van der Waals surface area (Å²) in [6.45, 7) is 6.85. The number of allylic oxidation sites excluding steroid dienone is 2. The number of ether oxygens (including phenoxy) is 4. The molecular weight excluding hydrogens is 470 g/mol. The minimum Gasteiger partial charge on any atom is -0.490 e. The summed E-state index contributed by atoms with van der Waals surface area (Å²) in [6.07, 6.45) is 0. The minimum absolute atomic E-state index is 0.0217. The highest BCUT2D eigenvalue weighted by Gasteiger charge is 2.42. The van der Waals surface area contributed by atoms with Gasteiger partial charge in [-0.25, -0.2) is 9.59 Å². The van der Waals surface area contributed by atoms with Crippen molar-refractivity contribution in [3.05, 3.63) is 51.3 Å². The molecule has 168 valence electrons. The molecule has 8 nitrogen and oxygen atoms in total. The normalized spacial score (nSPS) is 14.1. The maximum Gasteiger partial charge on any atom is 0.337 e. The van der Waals surface area contributed by atoms with E-state index in [2.05, 4.69) is 21.2 Å². The third kappa shape index (κ3) is 6.33. The van der Waals surface area contributed by atoms with E-state index in [0.717, 1.165) is 4.47 Å². The van der Waals surface area contributed by atoms with Crippen LogP contribution in [0, 0.1) is 5.92 Å². The van der Waals surface area contributed by atoms with Crippen molar-refractivity contribution in [3.63, 3.8) is 0 Å². The first-order chi connectivity index (χ1) is 14.8. The third-order valence-electron chi connectivity index (χ3n) is 4.38. The van der Waals surface area contributed by atoms with Crippen LogP contribution < -0.4 is 10.1 Å². The van der Waals surface area contributed by atoms with Gasteiger partial charge in [0, 0.05) is 15.9 Å². The zero-order chi connectivity index (χ0) is 23.0. The average Bonchev–Trinajstić information content (AvgIpc) is 2.70. The van der Waals surface area contributed by atoms with E-state index in [1.54, 1.807) is 39.8 Å². The molecule has 0 spiro atoms. The molecule has 0 atom stereocenters. The highest BCUT2D eigenvalue weighted by molar-refractivity contribution is 9.10. The van der Waals surface area contributed by atoms with Crippen LogP contribution in [0.25, 0.3) is 0 Å². The van der Waals surface area contributed by atoms with Crippen LogP contribution >= 0.6 is 15.9 Å². The molecular formula is C22H26BrNO7. The van der Waals surface area contributed by atoms with Crippen LogP contribution in [0.2, 0.25) is 0 Å². The lowest BCUT2D eigenvalue weighted by molar-refractivity contribution is -0.152. The van der Waals surface area contributed by atoms with Crippen LogP contribution in [-0.2, 0) is 28.6 Å². The number of nitrogens with one attached hydrogen (secondary N) is 1. The van der Waals surface area contributed by atoms with E-state index in [4.69, 9.17) is 18.9 Å². The lowest BCUT2D eigenvalue weighted by Gasteiger charge is -2.28. The molecule has 1 aliphatic heterocycles. The zero-order valence-corrected chi connectivity index (χ0v) is 19.5. The van der Waals surface area contributed by atoms with E-state index in [1.165, 1.54) is 0 Å². The molecule has 0 saturated carbocycles. The van der Waals surface area contributed by atoms with Gasteiger partial charge < -0.3 is 24.3 Å². The summed E-state index contributed by atoms with van der Waals surface area (Å²) in [7, 11) is 0. The number of dihydropyridines is 1. The Morgan fingerprint density at radius 3 is 2.03 bits per heavy atom. The molecule has 0 fully saturated rings. The number of hydrogen-bond acceptors (Lipinski definition) is 8. The van der Waals surface area contributed by atoms with E-state index in [9.17, 15) is 14.4 Å². The fourth-order valence-electron chi connectivity index (χ4n) is 3.13. The molecule has 0 unspecified atom stereocenters. The van der Waals surface area contributed by atoms with E-state index >= 15 is 0 Å². The molecule has 1 heterocycles. The van der Waals surface area contributed by atoms with Crippen LogP contribution in [0.4, 0.5) is 0 Å². The summed E-state index contributed by atoms with van der Waals surface area (Å²) in [6, 6.07) is 7.24. The monoisotopic (exact) mass is 495 g/mol. The molecule has 0 saturated heterocycles. The number of carbonyl (C=O) groups is 3.